The smallest absolute Gasteiger partial charge is 0.0789 e. The van der Waals surface area contributed by atoms with Crippen molar-refractivity contribution in [1.29, 1.82) is 0 Å². The minimum absolute atomic E-state index is 0.00285. The topological polar surface area (TPSA) is 24.5 Å². The van der Waals surface area contributed by atoms with E-state index in [0.29, 0.717) is 6.04 Å². The van der Waals surface area contributed by atoms with Gasteiger partial charge in [0.2, 0.25) is 0 Å². The Labute approximate surface area is 107 Å². The van der Waals surface area contributed by atoms with E-state index in [9.17, 15) is 0 Å². The van der Waals surface area contributed by atoms with Crippen molar-refractivity contribution in [3.63, 3.8) is 0 Å². The molecule has 102 valence electrons. The fourth-order valence-corrected chi connectivity index (χ4v) is 3.08. The molecule has 1 heterocycles. The van der Waals surface area contributed by atoms with Crippen molar-refractivity contribution in [2.75, 3.05) is 26.7 Å². The van der Waals surface area contributed by atoms with Crippen LogP contribution in [0.1, 0.15) is 47.5 Å². The first-order chi connectivity index (χ1) is 7.87. The summed E-state index contributed by atoms with van der Waals surface area (Å²) in [7, 11) is 2.03. The molecule has 1 N–H and O–H groups in total. The second-order valence-corrected chi connectivity index (χ2v) is 6.00. The molecule has 2 atom stereocenters. The molecule has 1 aliphatic heterocycles. The summed E-state index contributed by atoms with van der Waals surface area (Å²) in [6, 6.07) is 0.465. The van der Waals surface area contributed by atoms with E-state index in [1.807, 2.05) is 7.05 Å². The van der Waals surface area contributed by atoms with E-state index in [-0.39, 0.29) is 11.2 Å². The lowest BCUT2D eigenvalue weighted by atomic mass is 9.83. The molecule has 0 aromatic heterocycles. The van der Waals surface area contributed by atoms with Crippen molar-refractivity contribution in [1.82, 2.24) is 10.2 Å². The Hall–Kier alpha value is -0.120. The van der Waals surface area contributed by atoms with Crippen molar-refractivity contribution in [2.24, 2.45) is 0 Å². The highest BCUT2D eigenvalue weighted by Crippen LogP contribution is 2.35. The van der Waals surface area contributed by atoms with E-state index >= 15 is 0 Å². The Kier molecular flexibility index (Phi) is 4.99. The molecule has 0 radical (unpaired) electrons. The monoisotopic (exact) mass is 242 g/mol. The fourth-order valence-electron chi connectivity index (χ4n) is 3.08. The van der Waals surface area contributed by atoms with E-state index in [0.717, 1.165) is 26.1 Å². The minimum atomic E-state index is -0.0745. The van der Waals surface area contributed by atoms with Crippen LogP contribution in [0.5, 0.6) is 0 Å². The molecule has 0 saturated carbocycles. The lowest BCUT2D eigenvalue weighted by Crippen LogP contribution is -2.59. The third kappa shape index (κ3) is 3.67. The van der Waals surface area contributed by atoms with Gasteiger partial charge in [0.25, 0.3) is 0 Å². The summed E-state index contributed by atoms with van der Waals surface area (Å²) in [5.41, 5.74) is -0.0717. The van der Waals surface area contributed by atoms with E-state index in [4.69, 9.17) is 4.74 Å². The van der Waals surface area contributed by atoms with Crippen LogP contribution in [0.2, 0.25) is 0 Å². The lowest BCUT2D eigenvalue weighted by molar-refractivity contribution is -0.185. The molecule has 1 rings (SSSR count). The number of nitrogens with zero attached hydrogens (tertiary/aromatic N) is 1. The summed E-state index contributed by atoms with van der Waals surface area (Å²) in [6.07, 6.45) is 2.33. The van der Waals surface area contributed by atoms with E-state index in [2.05, 4.69) is 44.8 Å². The van der Waals surface area contributed by atoms with Crippen LogP contribution in [-0.4, -0.2) is 48.8 Å². The van der Waals surface area contributed by atoms with Crippen LogP contribution >= 0.6 is 0 Å². The predicted molar refractivity (Wildman–Crippen MR) is 73.4 cm³/mol. The van der Waals surface area contributed by atoms with Gasteiger partial charge in [0.05, 0.1) is 11.2 Å². The average molecular weight is 242 g/mol. The quantitative estimate of drug-likeness (QED) is 0.800. The molecular weight excluding hydrogens is 212 g/mol. The van der Waals surface area contributed by atoms with Crippen molar-refractivity contribution in [2.45, 2.75) is 64.7 Å². The molecule has 2 unspecified atom stereocenters. The van der Waals surface area contributed by atoms with Gasteiger partial charge in [-0.25, -0.2) is 0 Å². The second kappa shape index (κ2) is 5.68. The summed E-state index contributed by atoms with van der Waals surface area (Å²) in [4.78, 5) is 2.45. The Bertz CT molecular complexity index is 238. The maximum absolute atomic E-state index is 6.39. The molecule has 17 heavy (non-hydrogen) atoms. The molecule has 0 bridgehead atoms. The fraction of sp³-hybridized carbons (Fsp3) is 1.00. The van der Waals surface area contributed by atoms with E-state index < -0.39 is 0 Å². The molecular formula is C14H30N2O. The third-order valence-corrected chi connectivity index (χ3v) is 4.11. The molecule has 3 nitrogen and oxygen atoms in total. The zero-order valence-corrected chi connectivity index (χ0v) is 12.5. The van der Waals surface area contributed by atoms with Crippen LogP contribution in [-0.2, 0) is 4.74 Å². The Balaban J connectivity index is 2.67. The van der Waals surface area contributed by atoms with Crippen LogP contribution in [0.3, 0.4) is 0 Å². The summed E-state index contributed by atoms with van der Waals surface area (Å²) in [5.74, 6) is 0. The van der Waals surface area contributed by atoms with Gasteiger partial charge in [-0.3, -0.25) is 0 Å². The average Bonchev–Trinajstić information content (AvgIpc) is 2.25. The minimum Gasteiger partial charge on any atom is -0.366 e. The summed E-state index contributed by atoms with van der Waals surface area (Å²) >= 11 is 0. The van der Waals surface area contributed by atoms with Gasteiger partial charge < -0.3 is 15.0 Å². The van der Waals surface area contributed by atoms with Gasteiger partial charge in [-0.15, -0.1) is 0 Å². The molecule has 1 aliphatic rings. The Morgan fingerprint density at radius 2 is 1.82 bits per heavy atom. The number of likely N-dealkylation sites (N-methyl/N-ethyl adjacent to an activating group) is 2. The van der Waals surface area contributed by atoms with Crippen molar-refractivity contribution in [3.05, 3.63) is 0 Å². The summed E-state index contributed by atoms with van der Waals surface area (Å²) in [5, 5.41) is 3.37. The molecule has 3 heteroatoms. The molecule has 0 aliphatic carbocycles. The normalized spacial score (nSPS) is 33.0. The van der Waals surface area contributed by atoms with Crippen molar-refractivity contribution >= 4 is 0 Å². The molecule has 1 fully saturated rings. The third-order valence-electron chi connectivity index (χ3n) is 4.11. The van der Waals surface area contributed by atoms with Crippen LogP contribution in [0, 0.1) is 0 Å². The van der Waals surface area contributed by atoms with Gasteiger partial charge in [-0.2, -0.15) is 0 Å². The molecule has 1 saturated heterocycles. The maximum Gasteiger partial charge on any atom is 0.0789 e. The van der Waals surface area contributed by atoms with Crippen LogP contribution in [0.15, 0.2) is 0 Å². The molecule has 0 spiro atoms. The number of ether oxygens (including phenoxy) is 1. The zero-order chi connectivity index (χ0) is 13.1. The first-order valence-electron chi connectivity index (χ1n) is 6.96. The highest BCUT2D eigenvalue weighted by atomic mass is 16.5. The van der Waals surface area contributed by atoms with E-state index in [1.54, 1.807) is 0 Å². The second-order valence-electron chi connectivity index (χ2n) is 6.00. The van der Waals surface area contributed by atoms with Gasteiger partial charge in [-0.05, 0) is 53.8 Å². The largest absolute Gasteiger partial charge is 0.366 e. The Morgan fingerprint density at radius 1 is 1.24 bits per heavy atom. The number of rotatable bonds is 5. The zero-order valence-electron chi connectivity index (χ0n) is 12.5. The number of hydrogen-bond donors (Lipinski definition) is 1. The number of nitrogens with one attached hydrogen (secondary N) is 1. The SMILES string of the molecule is CCN(CC)CC1(C)CCC(NC)C(C)(C)O1. The van der Waals surface area contributed by atoms with Crippen molar-refractivity contribution < 1.29 is 4.74 Å². The highest BCUT2D eigenvalue weighted by molar-refractivity contribution is 4.96. The van der Waals surface area contributed by atoms with Gasteiger partial charge in [0.15, 0.2) is 0 Å². The van der Waals surface area contributed by atoms with Crippen LogP contribution in [0.4, 0.5) is 0 Å². The molecule has 0 aromatic carbocycles. The van der Waals surface area contributed by atoms with Gasteiger partial charge >= 0.3 is 0 Å². The van der Waals surface area contributed by atoms with E-state index in [1.165, 1.54) is 6.42 Å². The molecule has 0 amide bonds. The summed E-state index contributed by atoms with van der Waals surface area (Å²) < 4.78 is 6.39. The van der Waals surface area contributed by atoms with Gasteiger partial charge in [-0.1, -0.05) is 13.8 Å². The predicted octanol–water partition coefficient (Wildman–Crippen LogP) is 2.26. The van der Waals surface area contributed by atoms with Gasteiger partial charge in [0, 0.05) is 12.6 Å². The van der Waals surface area contributed by atoms with Crippen molar-refractivity contribution in [3.8, 4) is 0 Å². The maximum atomic E-state index is 6.39. The lowest BCUT2D eigenvalue weighted by Gasteiger charge is -2.49. The first kappa shape index (κ1) is 14.9. The standard InChI is InChI=1S/C14H30N2O/c1-7-16(8-2)11-14(5)10-9-12(15-6)13(3,4)17-14/h12,15H,7-11H2,1-6H3. The first-order valence-corrected chi connectivity index (χ1v) is 6.96. The molecule has 0 aromatic rings. The number of hydrogen-bond acceptors (Lipinski definition) is 3. The summed E-state index contributed by atoms with van der Waals surface area (Å²) in [6.45, 7) is 14.4. The Morgan fingerprint density at radius 3 is 2.24 bits per heavy atom. The van der Waals surface area contributed by atoms with Crippen LogP contribution in [0.25, 0.3) is 0 Å². The highest BCUT2D eigenvalue weighted by Gasteiger charge is 2.43. The van der Waals surface area contributed by atoms with Gasteiger partial charge in [0.1, 0.15) is 0 Å². The van der Waals surface area contributed by atoms with Crippen LogP contribution < -0.4 is 5.32 Å².